The second-order valence-electron chi connectivity index (χ2n) is 11.0. The van der Waals surface area contributed by atoms with Crippen LogP contribution in [0, 0.1) is 46.8 Å². The van der Waals surface area contributed by atoms with Crippen molar-refractivity contribution >= 4 is 52.5 Å². The highest BCUT2D eigenvalue weighted by Crippen LogP contribution is 2.66. The summed E-state index contributed by atoms with van der Waals surface area (Å²) in [6, 6.07) is 4.29. The number of amides is 4. The number of hydrogen-bond donors (Lipinski definition) is 2. The molecule has 6 atom stereocenters. The lowest BCUT2D eigenvalue weighted by molar-refractivity contribution is -0.173. The molecule has 230 valence electrons. The molecule has 2 aliphatic heterocycles. The van der Waals surface area contributed by atoms with Crippen LogP contribution in [0.25, 0.3) is 0 Å². The summed E-state index contributed by atoms with van der Waals surface area (Å²) in [5, 5.41) is 21.4. The van der Waals surface area contributed by atoms with Crippen LogP contribution in [0.5, 0.6) is 5.75 Å². The van der Waals surface area contributed by atoms with Crippen molar-refractivity contribution in [3.63, 3.8) is 0 Å². The smallest absolute Gasteiger partial charge is 0.258 e. The lowest BCUT2D eigenvalue weighted by Gasteiger charge is -2.50. The van der Waals surface area contributed by atoms with Crippen LogP contribution in [0.3, 0.4) is 0 Å². The van der Waals surface area contributed by atoms with Crippen LogP contribution >= 0.6 is 23.2 Å². The van der Waals surface area contributed by atoms with Gasteiger partial charge in [-0.1, -0.05) is 35.9 Å². The van der Waals surface area contributed by atoms with Crippen molar-refractivity contribution in [2.75, 3.05) is 4.90 Å². The van der Waals surface area contributed by atoms with E-state index in [1.54, 1.807) is 0 Å². The fourth-order valence-electron chi connectivity index (χ4n) is 7.06. The van der Waals surface area contributed by atoms with E-state index >= 15 is 8.78 Å². The molecule has 2 heterocycles. The Bertz CT molecular complexity index is 1740. The first-order chi connectivity index (χ1) is 20.6. The maximum Gasteiger partial charge on any atom is 0.258 e. The largest absolute Gasteiger partial charge is 0.507 e. The lowest BCUT2D eigenvalue weighted by Crippen LogP contribution is -2.60. The summed E-state index contributed by atoms with van der Waals surface area (Å²) in [6.07, 6.45) is 2.13. The van der Waals surface area contributed by atoms with Crippen LogP contribution in [0.1, 0.15) is 29.9 Å². The molecule has 15 heteroatoms. The number of carbonyl (C=O) groups is 4. The maximum atomic E-state index is 15.0. The number of halogens is 7. The van der Waals surface area contributed by atoms with Crippen molar-refractivity contribution in [2.24, 2.45) is 17.8 Å². The minimum absolute atomic E-state index is 0.0739. The number of phenols is 1. The molecule has 1 saturated carbocycles. The Balaban J connectivity index is 1.64. The van der Waals surface area contributed by atoms with Crippen molar-refractivity contribution in [3.05, 3.63) is 82.7 Å². The van der Waals surface area contributed by atoms with Gasteiger partial charge >= 0.3 is 0 Å². The number of hydroxylamine groups is 2. The van der Waals surface area contributed by atoms with Gasteiger partial charge in [0.15, 0.2) is 33.0 Å². The molecule has 0 aromatic heterocycles. The summed E-state index contributed by atoms with van der Waals surface area (Å²) in [5.41, 5.74) is -1.61. The van der Waals surface area contributed by atoms with E-state index in [4.69, 9.17) is 23.2 Å². The number of anilines is 1. The second-order valence-corrected chi connectivity index (χ2v) is 12.3. The van der Waals surface area contributed by atoms with Gasteiger partial charge in [0.1, 0.15) is 11.4 Å². The summed E-state index contributed by atoms with van der Waals surface area (Å²) < 4.78 is 72.5. The number of alkyl halides is 2. The quantitative estimate of drug-likeness (QED) is 0.0932. The Hall–Kier alpha value is -3.81. The average Bonchev–Trinajstić information content (AvgIpc) is 3.30. The highest BCUT2D eigenvalue weighted by molar-refractivity contribution is 6.58. The van der Waals surface area contributed by atoms with Gasteiger partial charge in [-0.15, -0.1) is 29.8 Å². The lowest BCUT2D eigenvalue weighted by atomic mass is 9.56. The van der Waals surface area contributed by atoms with Gasteiger partial charge in [-0.2, -0.15) is 5.06 Å². The normalized spacial score (nSPS) is 31.2. The monoisotopic (exact) mass is 656 g/mol. The Morgan fingerprint density at radius 3 is 2.16 bits per heavy atom. The van der Waals surface area contributed by atoms with Gasteiger partial charge in [-0.3, -0.25) is 24.4 Å². The van der Waals surface area contributed by atoms with Gasteiger partial charge in [0.05, 0.1) is 11.8 Å². The van der Waals surface area contributed by atoms with Crippen LogP contribution in [0.15, 0.2) is 42.5 Å². The van der Waals surface area contributed by atoms with Gasteiger partial charge in [0.2, 0.25) is 5.82 Å². The third-order valence-electron chi connectivity index (χ3n) is 9.02. The molecular weight excluding hydrogens is 638 g/mol. The minimum atomic E-state index is -2.77. The van der Waals surface area contributed by atoms with Gasteiger partial charge in [0.25, 0.3) is 23.6 Å². The SMILES string of the molecule is C=CCc1cccc(C2C3=CCC4C(=O)N(O)C(=O)C4C3CC3(Cl)C(=O)N(c4c(F)c(F)c(F)c(F)c4F)C(=O)C23Cl)c1O. The fourth-order valence-corrected chi connectivity index (χ4v) is 7.99. The van der Waals surface area contributed by atoms with E-state index in [0.717, 1.165) is 0 Å². The number of fused-ring (bicyclic) bond motifs is 4. The molecule has 8 nitrogen and oxygen atoms in total. The Morgan fingerprint density at radius 2 is 1.55 bits per heavy atom. The van der Waals surface area contributed by atoms with E-state index in [-0.39, 0.29) is 39.5 Å². The zero-order valence-electron chi connectivity index (χ0n) is 22.1. The predicted molar refractivity (Wildman–Crippen MR) is 142 cm³/mol. The number of hydrogen-bond acceptors (Lipinski definition) is 6. The van der Waals surface area contributed by atoms with Crippen molar-refractivity contribution in [1.82, 2.24) is 5.06 Å². The van der Waals surface area contributed by atoms with Crippen LogP contribution < -0.4 is 4.90 Å². The molecule has 0 bridgehead atoms. The highest BCUT2D eigenvalue weighted by Gasteiger charge is 2.77. The molecule has 4 amide bonds. The first-order valence-electron chi connectivity index (χ1n) is 13.1. The molecular formula is C29H19Cl2F5N2O6. The van der Waals surface area contributed by atoms with Crippen molar-refractivity contribution < 1.29 is 51.4 Å². The summed E-state index contributed by atoms with van der Waals surface area (Å²) in [5.74, 6) is -23.4. The Labute approximate surface area is 254 Å². The van der Waals surface area contributed by atoms with E-state index in [1.165, 1.54) is 30.4 Å². The first kappa shape index (κ1) is 30.2. The molecule has 4 aliphatic rings. The number of imide groups is 2. The fraction of sp³-hybridized carbons (Fsp3) is 0.310. The van der Waals surface area contributed by atoms with Crippen LogP contribution in [-0.2, 0) is 25.6 Å². The maximum absolute atomic E-state index is 15.0. The molecule has 44 heavy (non-hydrogen) atoms. The van der Waals surface area contributed by atoms with E-state index < -0.39 is 104 Å². The Morgan fingerprint density at radius 1 is 0.932 bits per heavy atom. The molecule has 0 spiro atoms. The third-order valence-corrected chi connectivity index (χ3v) is 10.4. The van der Waals surface area contributed by atoms with E-state index in [1.807, 2.05) is 0 Å². The van der Waals surface area contributed by atoms with Crippen molar-refractivity contribution in [1.29, 1.82) is 0 Å². The standard InChI is InChI=1S/C29H19Cl2F5N2O6/c1-2-4-10-5-3-6-13(23(10)39)16-11-7-8-12-15(25(41)38(44)24(12)40)14(11)9-28(30)26(42)37(27(43)29(16,28)31)22-20(35)18(33)17(32)19(34)21(22)36/h2-3,5-7,12,14-16,39,44H,1,4,8-9H2. The topological polar surface area (TPSA) is 115 Å². The molecule has 3 fully saturated rings. The summed E-state index contributed by atoms with van der Waals surface area (Å²) in [6.45, 7) is 3.61. The zero-order chi connectivity index (χ0) is 32.2. The average molecular weight is 657 g/mol. The molecule has 2 saturated heterocycles. The van der Waals surface area contributed by atoms with Crippen molar-refractivity contribution in [2.45, 2.75) is 34.9 Å². The van der Waals surface area contributed by atoms with Gasteiger partial charge in [-0.05, 0) is 30.7 Å². The van der Waals surface area contributed by atoms with E-state index in [2.05, 4.69) is 6.58 Å². The van der Waals surface area contributed by atoms with Gasteiger partial charge < -0.3 is 5.11 Å². The number of phenolic OH excluding ortho intramolecular Hbond substituents is 1. The molecule has 0 radical (unpaired) electrons. The van der Waals surface area contributed by atoms with Crippen LogP contribution in [0.4, 0.5) is 27.6 Å². The number of allylic oxidation sites excluding steroid dienone is 3. The number of carbonyl (C=O) groups excluding carboxylic acids is 4. The zero-order valence-corrected chi connectivity index (χ0v) is 23.6. The van der Waals surface area contributed by atoms with E-state index in [9.17, 15) is 42.7 Å². The summed E-state index contributed by atoms with van der Waals surface area (Å²) >= 11 is 13.9. The Kier molecular flexibility index (Phi) is 6.76. The molecule has 6 rings (SSSR count). The summed E-state index contributed by atoms with van der Waals surface area (Å²) in [7, 11) is 0. The van der Waals surface area contributed by atoms with Gasteiger partial charge in [-0.25, -0.2) is 26.9 Å². The highest BCUT2D eigenvalue weighted by atomic mass is 35.5. The van der Waals surface area contributed by atoms with Crippen molar-refractivity contribution in [3.8, 4) is 5.75 Å². The molecule has 2 aliphatic carbocycles. The van der Waals surface area contributed by atoms with Gasteiger partial charge in [0, 0.05) is 11.5 Å². The second kappa shape index (κ2) is 9.85. The molecule has 2 aromatic rings. The number of benzene rings is 2. The van der Waals surface area contributed by atoms with Crippen LogP contribution in [0.2, 0.25) is 0 Å². The number of aromatic hydroxyl groups is 1. The minimum Gasteiger partial charge on any atom is -0.507 e. The number of nitrogens with zero attached hydrogens (tertiary/aromatic N) is 2. The molecule has 6 unspecified atom stereocenters. The first-order valence-corrected chi connectivity index (χ1v) is 13.9. The third kappa shape index (κ3) is 3.54. The predicted octanol–water partition coefficient (Wildman–Crippen LogP) is 4.77. The molecule has 2 aromatic carbocycles. The summed E-state index contributed by atoms with van der Waals surface area (Å²) in [4.78, 5) is 48.1. The molecule has 2 N–H and O–H groups in total. The number of rotatable bonds is 4. The van der Waals surface area contributed by atoms with Crippen LogP contribution in [-0.4, -0.2) is 48.8 Å². The number of para-hydroxylation sites is 1. The van der Waals surface area contributed by atoms with E-state index in [0.29, 0.717) is 0 Å².